The second-order valence-corrected chi connectivity index (χ2v) is 5.99. The normalized spacial score (nSPS) is 11.7. The third-order valence-electron chi connectivity index (χ3n) is 3.30. The minimum Gasteiger partial charge on any atom is -0.463 e. The van der Waals surface area contributed by atoms with E-state index in [9.17, 15) is 13.2 Å². The van der Waals surface area contributed by atoms with Gasteiger partial charge in [0.1, 0.15) is 5.56 Å². The predicted octanol–water partition coefficient (Wildman–Crippen LogP) is 4.61. The van der Waals surface area contributed by atoms with Gasteiger partial charge in [-0.25, -0.2) is 4.98 Å². The van der Waals surface area contributed by atoms with E-state index in [1.807, 2.05) is 26.8 Å². The third-order valence-corrected chi connectivity index (χ3v) is 3.30. The van der Waals surface area contributed by atoms with Crippen molar-refractivity contribution in [1.82, 2.24) is 9.97 Å². The quantitative estimate of drug-likeness (QED) is 0.797. The Hall–Kier alpha value is -2.31. The number of alkyl halides is 3. The van der Waals surface area contributed by atoms with Crippen LogP contribution >= 0.6 is 0 Å². The highest BCUT2D eigenvalue weighted by Gasteiger charge is 2.36. The van der Waals surface area contributed by atoms with Crippen LogP contribution in [0.1, 0.15) is 25.0 Å². The predicted molar refractivity (Wildman–Crippen MR) is 86.6 cm³/mol. The molecule has 2 aromatic rings. The summed E-state index contributed by atoms with van der Waals surface area (Å²) in [6, 6.07) is 7.11. The van der Waals surface area contributed by atoms with E-state index in [2.05, 4.69) is 9.97 Å². The number of rotatable bonds is 5. The molecule has 0 atom stereocenters. The van der Waals surface area contributed by atoms with Gasteiger partial charge in [-0.05, 0) is 30.5 Å². The molecule has 0 amide bonds. The Balaban J connectivity index is 2.45. The number of hydrogen-bond donors (Lipinski definition) is 0. The molecule has 0 aliphatic carbocycles. The molecular formula is C17H20F3N3O. The zero-order valence-electron chi connectivity index (χ0n) is 14.1. The molecule has 0 saturated carbocycles. The van der Waals surface area contributed by atoms with Crippen LogP contribution in [0.15, 0.2) is 30.5 Å². The van der Waals surface area contributed by atoms with Crippen molar-refractivity contribution < 1.29 is 17.9 Å². The minimum absolute atomic E-state index is 0.0637. The van der Waals surface area contributed by atoms with Crippen LogP contribution < -0.4 is 9.64 Å². The Morgan fingerprint density at radius 2 is 1.96 bits per heavy atom. The van der Waals surface area contributed by atoms with Crippen LogP contribution in [0.3, 0.4) is 0 Å². The molecule has 0 aliphatic heterocycles. The van der Waals surface area contributed by atoms with Crippen molar-refractivity contribution in [2.24, 2.45) is 5.92 Å². The fraction of sp³-hybridized carbons (Fsp3) is 0.412. The molecule has 130 valence electrons. The van der Waals surface area contributed by atoms with Gasteiger partial charge in [-0.1, -0.05) is 26.0 Å². The van der Waals surface area contributed by atoms with Crippen molar-refractivity contribution in [2.45, 2.75) is 26.9 Å². The lowest BCUT2D eigenvalue weighted by Gasteiger charge is -2.23. The standard InChI is InChI=1S/C17H20F3N3O/c1-11(2)10-24-16-21-9-14(17(18,19)20)15(22-16)23(4)13-7-5-6-12(3)8-13/h5-9,11H,10H2,1-4H3. The van der Waals surface area contributed by atoms with E-state index >= 15 is 0 Å². The molecule has 2 rings (SSSR count). The summed E-state index contributed by atoms with van der Waals surface area (Å²) in [5.74, 6) is -0.0179. The number of hydrogen-bond acceptors (Lipinski definition) is 4. The highest BCUT2D eigenvalue weighted by Crippen LogP contribution is 2.37. The maximum absolute atomic E-state index is 13.3. The SMILES string of the molecule is Cc1cccc(N(C)c2nc(OCC(C)C)ncc2C(F)(F)F)c1. The highest BCUT2D eigenvalue weighted by molar-refractivity contribution is 5.63. The molecule has 0 radical (unpaired) electrons. The Bertz CT molecular complexity index is 702. The molecule has 0 saturated heterocycles. The number of benzene rings is 1. The van der Waals surface area contributed by atoms with Gasteiger partial charge in [-0.3, -0.25) is 0 Å². The smallest absolute Gasteiger partial charge is 0.421 e. The van der Waals surface area contributed by atoms with Crippen molar-refractivity contribution in [3.8, 4) is 6.01 Å². The molecule has 1 heterocycles. The lowest BCUT2D eigenvalue weighted by atomic mass is 10.2. The Morgan fingerprint density at radius 1 is 1.25 bits per heavy atom. The topological polar surface area (TPSA) is 38.2 Å². The van der Waals surface area contributed by atoms with Gasteiger partial charge in [-0.15, -0.1) is 0 Å². The van der Waals surface area contributed by atoms with Gasteiger partial charge < -0.3 is 9.64 Å². The van der Waals surface area contributed by atoms with Gasteiger partial charge in [0.2, 0.25) is 0 Å². The first kappa shape index (κ1) is 18.0. The summed E-state index contributed by atoms with van der Waals surface area (Å²) in [6.45, 7) is 6.08. The molecular weight excluding hydrogens is 319 g/mol. The lowest BCUT2D eigenvalue weighted by Crippen LogP contribution is -2.20. The summed E-state index contributed by atoms with van der Waals surface area (Å²) in [5.41, 5.74) is 0.649. The van der Waals surface area contributed by atoms with Crippen LogP contribution in [0, 0.1) is 12.8 Å². The fourth-order valence-corrected chi connectivity index (χ4v) is 2.08. The van der Waals surface area contributed by atoms with Gasteiger partial charge in [0.25, 0.3) is 0 Å². The minimum atomic E-state index is -4.55. The van der Waals surface area contributed by atoms with Crippen LogP contribution in [-0.4, -0.2) is 23.6 Å². The van der Waals surface area contributed by atoms with Crippen molar-refractivity contribution in [3.05, 3.63) is 41.6 Å². The van der Waals surface area contributed by atoms with E-state index in [1.165, 1.54) is 4.90 Å². The summed E-state index contributed by atoms with van der Waals surface area (Å²) >= 11 is 0. The summed E-state index contributed by atoms with van der Waals surface area (Å²) in [5, 5.41) is 0. The zero-order chi connectivity index (χ0) is 17.9. The molecule has 0 unspecified atom stereocenters. The summed E-state index contributed by atoms with van der Waals surface area (Å²) < 4.78 is 45.3. The Labute approximate surface area is 139 Å². The van der Waals surface area contributed by atoms with Gasteiger partial charge in [0, 0.05) is 18.9 Å². The molecule has 24 heavy (non-hydrogen) atoms. The summed E-state index contributed by atoms with van der Waals surface area (Å²) in [4.78, 5) is 9.07. The first-order valence-corrected chi connectivity index (χ1v) is 7.56. The first-order valence-electron chi connectivity index (χ1n) is 7.56. The van der Waals surface area contributed by atoms with Gasteiger partial charge >= 0.3 is 12.2 Å². The molecule has 0 spiro atoms. The second kappa shape index (κ2) is 7.07. The number of aryl methyl sites for hydroxylation is 1. The van der Waals surface area contributed by atoms with Crippen LogP contribution in [0.5, 0.6) is 6.01 Å². The van der Waals surface area contributed by atoms with Crippen molar-refractivity contribution >= 4 is 11.5 Å². The summed E-state index contributed by atoms with van der Waals surface area (Å²) in [6.07, 6.45) is -3.78. The highest BCUT2D eigenvalue weighted by atomic mass is 19.4. The number of halogens is 3. The molecule has 1 aromatic heterocycles. The number of ether oxygens (including phenoxy) is 1. The van der Waals surface area contributed by atoms with E-state index in [0.29, 0.717) is 12.3 Å². The molecule has 1 aromatic carbocycles. The van der Waals surface area contributed by atoms with Gasteiger partial charge in [0.15, 0.2) is 5.82 Å². The molecule has 0 aliphatic rings. The first-order chi connectivity index (χ1) is 11.2. The van der Waals surface area contributed by atoms with Crippen molar-refractivity contribution in [3.63, 3.8) is 0 Å². The van der Waals surface area contributed by atoms with Crippen molar-refractivity contribution in [2.75, 3.05) is 18.6 Å². The molecule has 0 bridgehead atoms. The monoisotopic (exact) mass is 339 g/mol. The van der Waals surface area contributed by atoms with E-state index in [1.54, 1.807) is 25.2 Å². The van der Waals surface area contributed by atoms with Crippen LogP contribution in [0.25, 0.3) is 0 Å². The molecule has 4 nitrogen and oxygen atoms in total. The average Bonchev–Trinajstić information content (AvgIpc) is 2.51. The summed E-state index contributed by atoms with van der Waals surface area (Å²) in [7, 11) is 1.54. The van der Waals surface area contributed by atoms with Crippen LogP contribution in [0.4, 0.5) is 24.7 Å². The average molecular weight is 339 g/mol. The molecule has 0 N–H and O–H groups in total. The maximum atomic E-state index is 13.3. The van der Waals surface area contributed by atoms with Crippen molar-refractivity contribution in [1.29, 1.82) is 0 Å². The molecule has 0 fully saturated rings. The van der Waals surface area contributed by atoms with Crippen LogP contribution in [0.2, 0.25) is 0 Å². The zero-order valence-corrected chi connectivity index (χ0v) is 14.1. The number of aromatic nitrogens is 2. The van der Waals surface area contributed by atoms with E-state index < -0.39 is 11.7 Å². The van der Waals surface area contributed by atoms with E-state index in [4.69, 9.17) is 4.74 Å². The number of anilines is 2. The van der Waals surface area contributed by atoms with E-state index in [0.717, 1.165) is 11.8 Å². The van der Waals surface area contributed by atoms with Crippen LogP contribution in [-0.2, 0) is 6.18 Å². The fourth-order valence-electron chi connectivity index (χ4n) is 2.08. The Morgan fingerprint density at radius 3 is 2.54 bits per heavy atom. The van der Waals surface area contributed by atoms with E-state index in [-0.39, 0.29) is 17.7 Å². The third kappa shape index (κ3) is 4.37. The second-order valence-electron chi connectivity index (χ2n) is 5.99. The molecule has 7 heteroatoms. The lowest BCUT2D eigenvalue weighted by molar-refractivity contribution is -0.137. The van der Waals surface area contributed by atoms with Gasteiger partial charge in [-0.2, -0.15) is 18.2 Å². The van der Waals surface area contributed by atoms with Gasteiger partial charge in [0.05, 0.1) is 6.61 Å². The maximum Gasteiger partial charge on any atom is 0.421 e. The number of nitrogens with zero attached hydrogens (tertiary/aromatic N) is 3. The Kier molecular flexibility index (Phi) is 5.31. The largest absolute Gasteiger partial charge is 0.463 e.